The van der Waals surface area contributed by atoms with Gasteiger partial charge in [-0.25, -0.2) is 13.2 Å². The van der Waals surface area contributed by atoms with Crippen LogP contribution in [0.5, 0.6) is 0 Å². The van der Waals surface area contributed by atoms with Gasteiger partial charge < -0.3 is 14.3 Å². The first kappa shape index (κ1) is 18.9. The molecule has 0 aliphatic carbocycles. The number of rotatable bonds is 6. The monoisotopic (exact) mass is 369 g/mol. The minimum Gasteiger partial charge on any atom is -0.480 e. The smallest absolute Gasteiger partial charge is 0.374 e. The summed E-state index contributed by atoms with van der Waals surface area (Å²) in [4.78, 5) is 22.8. The SMILES string of the molecule is CCOC(=O)c1oc2ccc(S(=O)(=O)N(C)C(C)C(=O)O)cc2c1C. The van der Waals surface area contributed by atoms with Gasteiger partial charge in [0.15, 0.2) is 0 Å². The minimum absolute atomic E-state index is 0.0126. The van der Waals surface area contributed by atoms with Crippen molar-refractivity contribution in [2.24, 2.45) is 0 Å². The Morgan fingerprint density at radius 3 is 2.56 bits per heavy atom. The second-order valence-corrected chi connectivity index (χ2v) is 7.47. The van der Waals surface area contributed by atoms with Gasteiger partial charge in [0.1, 0.15) is 11.6 Å². The number of esters is 1. The van der Waals surface area contributed by atoms with Crippen LogP contribution in [0.25, 0.3) is 11.0 Å². The van der Waals surface area contributed by atoms with Gasteiger partial charge in [-0.3, -0.25) is 4.79 Å². The van der Waals surface area contributed by atoms with Crippen molar-refractivity contribution >= 4 is 32.9 Å². The number of hydrogen-bond acceptors (Lipinski definition) is 6. The molecule has 2 aromatic rings. The van der Waals surface area contributed by atoms with E-state index < -0.39 is 28.0 Å². The Morgan fingerprint density at radius 1 is 1.36 bits per heavy atom. The first-order valence-electron chi connectivity index (χ1n) is 7.52. The second kappa shape index (κ2) is 6.85. The average Bonchev–Trinajstić information content (AvgIpc) is 2.90. The zero-order valence-corrected chi connectivity index (χ0v) is 15.1. The molecule has 9 heteroatoms. The van der Waals surface area contributed by atoms with Crippen molar-refractivity contribution in [2.45, 2.75) is 31.7 Å². The van der Waals surface area contributed by atoms with Gasteiger partial charge in [-0.1, -0.05) is 0 Å². The Kier molecular flexibility index (Phi) is 5.19. The molecule has 0 saturated heterocycles. The predicted octanol–water partition coefficient (Wildman–Crippen LogP) is 2.01. The number of aryl methyl sites for hydroxylation is 1. The fraction of sp³-hybridized carbons (Fsp3) is 0.375. The van der Waals surface area contributed by atoms with Crippen molar-refractivity contribution in [1.29, 1.82) is 0 Å². The molecule has 136 valence electrons. The van der Waals surface area contributed by atoms with Crippen LogP contribution in [0.15, 0.2) is 27.5 Å². The number of furan rings is 1. The topological polar surface area (TPSA) is 114 Å². The van der Waals surface area contributed by atoms with E-state index in [0.717, 1.165) is 4.31 Å². The molecule has 1 heterocycles. The largest absolute Gasteiger partial charge is 0.480 e. The maximum Gasteiger partial charge on any atom is 0.374 e. The molecular weight excluding hydrogens is 350 g/mol. The summed E-state index contributed by atoms with van der Waals surface area (Å²) in [5.74, 6) is -1.87. The summed E-state index contributed by atoms with van der Waals surface area (Å²) in [6, 6.07) is 2.87. The molecule has 0 fully saturated rings. The standard InChI is InChI=1S/C16H19NO7S/c1-5-23-16(20)14-9(2)12-8-11(6-7-13(12)24-14)25(21,22)17(4)10(3)15(18)19/h6-8,10H,5H2,1-4H3,(H,18,19). The van der Waals surface area contributed by atoms with Crippen LogP contribution < -0.4 is 0 Å². The van der Waals surface area contributed by atoms with E-state index in [1.807, 2.05) is 0 Å². The Morgan fingerprint density at radius 2 is 2.00 bits per heavy atom. The average molecular weight is 369 g/mol. The highest BCUT2D eigenvalue weighted by molar-refractivity contribution is 7.89. The summed E-state index contributed by atoms with van der Waals surface area (Å²) in [6.07, 6.45) is 0. The Balaban J connectivity index is 2.52. The van der Waals surface area contributed by atoms with Crippen LogP contribution in [0.2, 0.25) is 0 Å². The lowest BCUT2D eigenvalue weighted by Crippen LogP contribution is -2.40. The number of ether oxygens (including phenoxy) is 1. The molecule has 1 atom stereocenters. The van der Waals surface area contributed by atoms with Gasteiger partial charge in [-0.15, -0.1) is 0 Å². The number of benzene rings is 1. The van der Waals surface area contributed by atoms with E-state index in [2.05, 4.69) is 0 Å². The van der Waals surface area contributed by atoms with Crippen molar-refractivity contribution in [3.8, 4) is 0 Å². The van der Waals surface area contributed by atoms with E-state index in [1.54, 1.807) is 13.8 Å². The van der Waals surface area contributed by atoms with Gasteiger partial charge in [0.2, 0.25) is 15.8 Å². The zero-order valence-electron chi connectivity index (χ0n) is 14.3. The number of carbonyl (C=O) groups excluding carboxylic acids is 1. The molecule has 0 radical (unpaired) electrons. The Bertz CT molecular complexity index is 929. The quantitative estimate of drug-likeness (QED) is 0.775. The summed E-state index contributed by atoms with van der Waals surface area (Å²) in [5, 5.41) is 9.47. The lowest BCUT2D eigenvalue weighted by Gasteiger charge is -2.21. The number of carbonyl (C=O) groups is 2. The fourth-order valence-corrected chi connectivity index (χ4v) is 3.63. The van der Waals surface area contributed by atoms with Gasteiger partial charge in [0.25, 0.3) is 0 Å². The highest BCUT2D eigenvalue weighted by atomic mass is 32.2. The Labute approximate surface area is 145 Å². The Hall–Kier alpha value is -2.39. The van der Waals surface area contributed by atoms with Crippen molar-refractivity contribution in [2.75, 3.05) is 13.7 Å². The van der Waals surface area contributed by atoms with E-state index >= 15 is 0 Å². The molecule has 1 aromatic heterocycles. The van der Waals surface area contributed by atoms with Crippen molar-refractivity contribution < 1.29 is 32.3 Å². The van der Waals surface area contributed by atoms with Gasteiger partial charge in [-0.2, -0.15) is 4.31 Å². The first-order valence-corrected chi connectivity index (χ1v) is 8.96. The molecule has 1 N–H and O–H groups in total. The summed E-state index contributed by atoms with van der Waals surface area (Å²) >= 11 is 0. The van der Waals surface area contributed by atoms with Crippen LogP contribution >= 0.6 is 0 Å². The number of carboxylic acid groups (broad SMARTS) is 1. The third-order valence-electron chi connectivity index (χ3n) is 3.95. The van der Waals surface area contributed by atoms with Crippen LogP contribution in [0.3, 0.4) is 0 Å². The van der Waals surface area contributed by atoms with Gasteiger partial charge in [0, 0.05) is 18.0 Å². The van der Waals surface area contributed by atoms with Crippen LogP contribution in [0.4, 0.5) is 0 Å². The molecule has 2 rings (SSSR count). The second-order valence-electron chi connectivity index (χ2n) is 5.47. The number of aliphatic carboxylic acids is 1. The molecule has 0 aliphatic heterocycles. The lowest BCUT2D eigenvalue weighted by molar-refractivity contribution is -0.140. The van der Waals surface area contributed by atoms with Gasteiger partial charge in [0.05, 0.1) is 11.5 Å². The molecule has 0 saturated carbocycles. The van der Waals surface area contributed by atoms with Gasteiger partial charge in [-0.05, 0) is 39.0 Å². The highest BCUT2D eigenvalue weighted by Crippen LogP contribution is 2.29. The van der Waals surface area contributed by atoms with Crippen molar-refractivity contribution in [3.63, 3.8) is 0 Å². The normalized spacial score (nSPS) is 13.2. The number of carboxylic acids is 1. The lowest BCUT2D eigenvalue weighted by atomic mass is 10.1. The first-order chi connectivity index (χ1) is 11.6. The summed E-state index contributed by atoms with van der Waals surface area (Å²) in [7, 11) is -2.82. The van der Waals surface area contributed by atoms with E-state index in [-0.39, 0.29) is 17.3 Å². The van der Waals surface area contributed by atoms with Crippen LogP contribution in [-0.2, 0) is 19.6 Å². The van der Waals surface area contributed by atoms with E-state index in [9.17, 15) is 18.0 Å². The van der Waals surface area contributed by atoms with E-state index in [4.69, 9.17) is 14.3 Å². The van der Waals surface area contributed by atoms with Crippen LogP contribution in [0.1, 0.15) is 30.0 Å². The molecule has 0 aliphatic rings. The maximum atomic E-state index is 12.6. The number of likely N-dealkylation sites (N-methyl/N-ethyl adjacent to an activating group) is 1. The van der Waals surface area contributed by atoms with E-state index in [0.29, 0.717) is 16.5 Å². The molecule has 1 unspecified atom stereocenters. The molecule has 0 bridgehead atoms. The minimum atomic E-state index is -4.02. The summed E-state index contributed by atoms with van der Waals surface area (Å²) < 4.78 is 36.4. The number of fused-ring (bicyclic) bond motifs is 1. The fourth-order valence-electron chi connectivity index (χ4n) is 2.28. The molecule has 1 aromatic carbocycles. The molecule has 0 spiro atoms. The third kappa shape index (κ3) is 3.38. The third-order valence-corrected chi connectivity index (χ3v) is 5.87. The number of sulfonamides is 1. The highest BCUT2D eigenvalue weighted by Gasteiger charge is 2.30. The summed E-state index contributed by atoms with van der Waals surface area (Å²) in [5.41, 5.74) is 0.799. The zero-order chi connectivity index (χ0) is 18.9. The molecule has 8 nitrogen and oxygen atoms in total. The molecular formula is C16H19NO7S. The predicted molar refractivity (Wildman–Crippen MR) is 89.0 cm³/mol. The summed E-state index contributed by atoms with van der Waals surface area (Å²) in [6.45, 7) is 4.76. The van der Waals surface area contributed by atoms with Crippen LogP contribution in [-0.4, -0.2) is 49.5 Å². The van der Waals surface area contributed by atoms with Gasteiger partial charge >= 0.3 is 11.9 Å². The maximum absolute atomic E-state index is 12.6. The number of nitrogens with zero attached hydrogens (tertiary/aromatic N) is 1. The molecule has 0 amide bonds. The van der Waals surface area contributed by atoms with Crippen LogP contribution in [0, 0.1) is 6.92 Å². The van der Waals surface area contributed by atoms with E-state index in [1.165, 1.54) is 32.2 Å². The van der Waals surface area contributed by atoms with Crippen molar-refractivity contribution in [1.82, 2.24) is 4.31 Å². The molecule has 25 heavy (non-hydrogen) atoms. The van der Waals surface area contributed by atoms with Crippen molar-refractivity contribution in [3.05, 3.63) is 29.5 Å². The number of hydrogen-bond donors (Lipinski definition) is 1.